The van der Waals surface area contributed by atoms with Crippen LogP contribution in [0.3, 0.4) is 0 Å². The maximum absolute atomic E-state index is 11.7. The van der Waals surface area contributed by atoms with Gasteiger partial charge in [-0.3, -0.25) is 9.48 Å². The zero-order valence-corrected chi connectivity index (χ0v) is 8.86. The lowest BCUT2D eigenvalue weighted by Crippen LogP contribution is -2.58. The van der Waals surface area contributed by atoms with E-state index in [0.717, 1.165) is 25.0 Å². The Morgan fingerprint density at radius 2 is 2.47 bits per heavy atom. The van der Waals surface area contributed by atoms with Gasteiger partial charge in [-0.2, -0.15) is 5.10 Å². The van der Waals surface area contributed by atoms with E-state index >= 15 is 0 Å². The average Bonchev–Trinajstić information content (AvgIpc) is 2.56. The van der Waals surface area contributed by atoms with E-state index in [4.69, 9.17) is 5.73 Å². The monoisotopic (exact) mass is 208 g/mol. The minimum atomic E-state index is -0.613. The van der Waals surface area contributed by atoms with Crippen LogP contribution < -0.4 is 11.1 Å². The SMILES string of the molecule is Cn1nccc1CNC(=O)C1(N)CCC1. The molecule has 1 aliphatic rings. The second kappa shape index (κ2) is 3.66. The molecule has 1 amide bonds. The summed E-state index contributed by atoms with van der Waals surface area (Å²) in [6.07, 6.45) is 4.35. The highest BCUT2D eigenvalue weighted by atomic mass is 16.2. The van der Waals surface area contributed by atoms with Crippen molar-refractivity contribution in [2.24, 2.45) is 12.8 Å². The largest absolute Gasteiger partial charge is 0.349 e. The Hall–Kier alpha value is -1.36. The maximum Gasteiger partial charge on any atom is 0.240 e. The van der Waals surface area contributed by atoms with Gasteiger partial charge in [-0.05, 0) is 25.3 Å². The summed E-state index contributed by atoms with van der Waals surface area (Å²) in [4.78, 5) is 11.7. The average molecular weight is 208 g/mol. The zero-order chi connectivity index (χ0) is 10.9. The normalized spacial score (nSPS) is 18.3. The number of carbonyl (C=O) groups is 1. The standard InChI is InChI=1S/C10H16N4O/c1-14-8(3-6-13-14)7-12-9(15)10(11)4-2-5-10/h3,6H,2,4-5,7,11H2,1H3,(H,12,15). The number of carbonyl (C=O) groups excluding carboxylic acids is 1. The second-order valence-corrected chi connectivity index (χ2v) is 4.14. The zero-order valence-electron chi connectivity index (χ0n) is 8.86. The number of nitrogens with one attached hydrogen (secondary N) is 1. The van der Waals surface area contributed by atoms with Crippen molar-refractivity contribution in [3.8, 4) is 0 Å². The molecular formula is C10H16N4O. The van der Waals surface area contributed by atoms with Crippen molar-refractivity contribution >= 4 is 5.91 Å². The van der Waals surface area contributed by atoms with Gasteiger partial charge in [-0.15, -0.1) is 0 Å². The van der Waals surface area contributed by atoms with Gasteiger partial charge in [0.1, 0.15) is 0 Å². The summed E-state index contributed by atoms with van der Waals surface area (Å²) in [7, 11) is 1.85. The summed E-state index contributed by atoms with van der Waals surface area (Å²) in [6.45, 7) is 0.494. The van der Waals surface area contributed by atoms with Gasteiger partial charge in [0.2, 0.25) is 5.91 Å². The van der Waals surface area contributed by atoms with E-state index in [-0.39, 0.29) is 5.91 Å². The van der Waals surface area contributed by atoms with Crippen LogP contribution in [0.25, 0.3) is 0 Å². The third-order valence-corrected chi connectivity index (χ3v) is 3.05. The lowest BCUT2D eigenvalue weighted by Gasteiger charge is -2.36. The first-order valence-corrected chi connectivity index (χ1v) is 5.16. The highest BCUT2D eigenvalue weighted by molar-refractivity contribution is 5.86. The Kier molecular flexibility index (Phi) is 2.48. The summed E-state index contributed by atoms with van der Waals surface area (Å²) in [5.74, 6) is -0.0463. The molecule has 1 aliphatic carbocycles. The molecule has 5 heteroatoms. The first-order valence-electron chi connectivity index (χ1n) is 5.16. The van der Waals surface area contributed by atoms with Crippen molar-refractivity contribution < 1.29 is 4.79 Å². The number of hydrogen-bond acceptors (Lipinski definition) is 3. The molecule has 82 valence electrons. The van der Waals surface area contributed by atoms with E-state index in [1.54, 1.807) is 10.9 Å². The molecule has 0 aliphatic heterocycles. The summed E-state index contributed by atoms with van der Waals surface area (Å²) in [5.41, 5.74) is 6.25. The Morgan fingerprint density at radius 3 is 2.93 bits per heavy atom. The molecule has 1 fully saturated rings. The molecule has 0 atom stereocenters. The number of aryl methyl sites for hydroxylation is 1. The second-order valence-electron chi connectivity index (χ2n) is 4.14. The predicted octanol–water partition coefficient (Wildman–Crippen LogP) is -0.0823. The highest BCUT2D eigenvalue weighted by Gasteiger charge is 2.39. The minimum Gasteiger partial charge on any atom is -0.349 e. The number of rotatable bonds is 3. The van der Waals surface area contributed by atoms with E-state index in [1.165, 1.54) is 0 Å². The molecule has 2 rings (SSSR count). The molecule has 15 heavy (non-hydrogen) atoms. The number of aromatic nitrogens is 2. The predicted molar refractivity (Wildman–Crippen MR) is 55.8 cm³/mol. The van der Waals surface area contributed by atoms with Gasteiger partial charge in [0, 0.05) is 13.2 Å². The van der Waals surface area contributed by atoms with Crippen molar-refractivity contribution in [1.29, 1.82) is 0 Å². The van der Waals surface area contributed by atoms with Crippen molar-refractivity contribution in [2.45, 2.75) is 31.3 Å². The van der Waals surface area contributed by atoms with Crippen LogP contribution in [0, 0.1) is 0 Å². The lowest BCUT2D eigenvalue weighted by atomic mass is 9.77. The molecule has 1 aromatic rings. The van der Waals surface area contributed by atoms with Crippen LogP contribution in [0.5, 0.6) is 0 Å². The summed E-state index contributed by atoms with van der Waals surface area (Å²) < 4.78 is 1.74. The van der Waals surface area contributed by atoms with E-state index in [1.807, 2.05) is 13.1 Å². The molecule has 0 bridgehead atoms. The van der Waals surface area contributed by atoms with Crippen LogP contribution in [0.2, 0.25) is 0 Å². The molecule has 0 unspecified atom stereocenters. The number of amides is 1. The van der Waals surface area contributed by atoms with Crippen molar-refractivity contribution in [1.82, 2.24) is 15.1 Å². The fraction of sp³-hybridized carbons (Fsp3) is 0.600. The quantitative estimate of drug-likeness (QED) is 0.729. The van der Waals surface area contributed by atoms with E-state index in [0.29, 0.717) is 6.54 Å². The highest BCUT2D eigenvalue weighted by Crippen LogP contribution is 2.29. The van der Waals surface area contributed by atoms with Gasteiger partial charge < -0.3 is 11.1 Å². The van der Waals surface area contributed by atoms with Gasteiger partial charge in [0.25, 0.3) is 0 Å². The summed E-state index contributed by atoms with van der Waals surface area (Å²) in [6, 6.07) is 1.88. The third kappa shape index (κ3) is 1.87. The van der Waals surface area contributed by atoms with Crippen LogP contribution >= 0.6 is 0 Å². The first-order chi connectivity index (χ1) is 7.12. The smallest absolute Gasteiger partial charge is 0.240 e. The minimum absolute atomic E-state index is 0.0463. The Balaban J connectivity index is 1.88. The van der Waals surface area contributed by atoms with Crippen molar-refractivity contribution in [2.75, 3.05) is 0 Å². The van der Waals surface area contributed by atoms with Gasteiger partial charge in [0.15, 0.2) is 0 Å². The topological polar surface area (TPSA) is 72.9 Å². The Morgan fingerprint density at radius 1 is 1.73 bits per heavy atom. The Labute approximate surface area is 88.6 Å². The fourth-order valence-corrected chi connectivity index (χ4v) is 1.71. The van der Waals surface area contributed by atoms with Gasteiger partial charge in [0.05, 0.1) is 17.8 Å². The molecule has 3 N–H and O–H groups in total. The van der Waals surface area contributed by atoms with Crippen LogP contribution in [-0.2, 0) is 18.4 Å². The molecule has 1 saturated carbocycles. The number of nitrogens with zero attached hydrogens (tertiary/aromatic N) is 2. The third-order valence-electron chi connectivity index (χ3n) is 3.05. The summed E-state index contributed by atoms with van der Waals surface area (Å²) >= 11 is 0. The maximum atomic E-state index is 11.7. The molecule has 0 aromatic carbocycles. The molecule has 5 nitrogen and oxygen atoms in total. The Bertz CT molecular complexity index is 367. The van der Waals surface area contributed by atoms with Crippen LogP contribution in [0.15, 0.2) is 12.3 Å². The van der Waals surface area contributed by atoms with Crippen LogP contribution in [0.1, 0.15) is 25.0 Å². The van der Waals surface area contributed by atoms with Crippen LogP contribution in [-0.4, -0.2) is 21.2 Å². The molecule has 0 radical (unpaired) electrons. The summed E-state index contributed by atoms with van der Waals surface area (Å²) in [5, 5.41) is 6.87. The number of nitrogens with two attached hydrogens (primary N) is 1. The molecular weight excluding hydrogens is 192 g/mol. The fourth-order valence-electron chi connectivity index (χ4n) is 1.71. The first kappa shape index (κ1) is 10.2. The molecule has 0 spiro atoms. The molecule has 1 heterocycles. The lowest BCUT2D eigenvalue weighted by molar-refractivity contribution is -0.129. The van der Waals surface area contributed by atoms with Gasteiger partial charge >= 0.3 is 0 Å². The van der Waals surface area contributed by atoms with Crippen LogP contribution in [0.4, 0.5) is 0 Å². The molecule has 1 aromatic heterocycles. The van der Waals surface area contributed by atoms with E-state index < -0.39 is 5.54 Å². The van der Waals surface area contributed by atoms with Crippen molar-refractivity contribution in [3.05, 3.63) is 18.0 Å². The van der Waals surface area contributed by atoms with E-state index in [2.05, 4.69) is 10.4 Å². The van der Waals surface area contributed by atoms with E-state index in [9.17, 15) is 4.79 Å². The van der Waals surface area contributed by atoms with Crippen molar-refractivity contribution in [3.63, 3.8) is 0 Å². The number of hydrogen-bond donors (Lipinski definition) is 2. The molecule has 0 saturated heterocycles. The van der Waals surface area contributed by atoms with Gasteiger partial charge in [-0.1, -0.05) is 0 Å². The van der Waals surface area contributed by atoms with Gasteiger partial charge in [-0.25, -0.2) is 0 Å².